The highest BCUT2D eigenvalue weighted by molar-refractivity contribution is 5.51. The summed E-state index contributed by atoms with van der Waals surface area (Å²) in [6, 6.07) is 3.88. The maximum absolute atomic E-state index is 8.75. The molecule has 0 aliphatic heterocycles. The van der Waals surface area contributed by atoms with Gasteiger partial charge in [0.25, 0.3) is 0 Å². The number of aryl methyl sites for hydroxylation is 2. The summed E-state index contributed by atoms with van der Waals surface area (Å²) in [7, 11) is 0. The summed E-state index contributed by atoms with van der Waals surface area (Å²) >= 11 is 0. The Kier molecular flexibility index (Phi) is 5.08. The van der Waals surface area contributed by atoms with Gasteiger partial charge in [0.15, 0.2) is 11.5 Å². The van der Waals surface area contributed by atoms with Crippen molar-refractivity contribution in [2.75, 3.05) is 26.4 Å². The van der Waals surface area contributed by atoms with E-state index in [1.165, 1.54) is 0 Å². The topological polar surface area (TPSA) is 58.9 Å². The Bertz CT molecular complexity index is 303. The molecule has 1 rings (SSSR count). The van der Waals surface area contributed by atoms with E-state index in [1.807, 2.05) is 26.0 Å². The van der Waals surface area contributed by atoms with Crippen LogP contribution in [0.15, 0.2) is 12.1 Å². The van der Waals surface area contributed by atoms with Crippen LogP contribution >= 0.6 is 0 Å². The van der Waals surface area contributed by atoms with E-state index < -0.39 is 0 Å². The lowest BCUT2D eigenvalue weighted by Gasteiger charge is -2.16. The van der Waals surface area contributed by atoms with Gasteiger partial charge in [0.05, 0.1) is 13.2 Å². The molecular formula is C12H18O4. The summed E-state index contributed by atoms with van der Waals surface area (Å²) in [5, 5.41) is 17.5. The predicted molar refractivity (Wildman–Crippen MR) is 61.1 cm³/mol. The average Bonchev–Trinajstić information content (AvgIpc) is 2.29. The maximum atomic E-state index is 8.75. The lowest BCUT2D eigenvalue weighted by Crippen LogP contribution is -2.08. The van der Waals surface area contributed by atoms with Gasteiger partial charge < -0.3 is 19.7 Å². The first-order valence-corrected chi connectivity index (χ1v) is 5.28. The molecule has 0 unspecified atom stereocenters. The zero-order valence-corrected chi connectivity index (χ0v) is 9.69. The van der Waals surface area contributed by atoms with Crippen molar-refractivity contribution < 1.29 is 19.7 Å². The van der Waals surface area contributed by atoms with Gasteiger partial charge in [-0.2, -0.15) is 0 Å². The smallest absolute Gasteiger partial charge is 0.164 e. The molecule has 0 heterocycles. The van der Waals surface area contributed by atoms with Crippen LogP contribution in [0, 0.1) is 13.8 Å². The van der Waals surface area contributed by atoms with E-state index in [-0.39, 0.29) is 26.4 Å². The molecule has 0 aromatic heterocycles. The van der Waals surface area contributed by atoms with Crippen LogP contribution in [-0.2, 0) is 0 Å². The second-order valence-electron chi connectivity index (χ2n) is 3.50. The van der Waals surface area contributed by atoms with Crippen LogP contribution in [0.4, 0.5) is 0 Å². The largest absolute Gasteiger partial charge is 0.487 e. The summed E-state index contributed by atoms with van der Waals surface area (Å²) in [6.07, 6.45) is 0. The quantitative estimate of drug-likeness (QED) is 0.761. The van der Waals surface area contributed by atoms with Crippen LogP contribution in [0.5, 0.6) is 11.5 Å². The molecular weight excluding hydrogens is 208 g/mol. The third kappa shape index (κ3) is 3.12. The highest BCUT2D eigenvalue weighted by atomic mass is 16.5. The molecule has 4 heteroatoms. The highest BCUT2D eigenvalue weighted by Crippen LogP contribution is 2.34. The lowest BCUT2D eigenvalue weighted by atomic mass is 10.1. The fourth-order valence-corrected chi connectivity index (χ4v) is 1.41. The summed E-state index contributed by atoms with van der Waals surface area (Å²) < 4.78 is 10.9. The van der Waals surface area contributed by atoms with Crippen LogP contribution in [0.25, 0.3) is 0 Å². The standard InChI is InChI=1S/C12H18O4/c1-9-3-4-10(2)12(16-8-6-14)11(9)15-7-5-13/h3-4,13-14H,5-8H2,1-2H3. The molecule has 4 nitrogen and oxygen atoms in total. The Morgan fingerprint density at radius 1 is 0.875 bits per heavy atom. The summed E-state index contributed by atoms with van der Waals surface area (Å²) in [5.74, 6) is 1.28. The van der Waals surface area contributed by atoms with Gasteiger partial charge in [-0.25, -0.2) is 0 Å². The molecule has 0 aliphatic carbocycles. The first kappa shape index (κ1) is 12.8. The van der Waals surface area contributed by atoms with Gasteiger partial charge in [-0.1, -0.05) is 12.1 Å². The fourth-order valence-electron chi connectivity index (χ4n) is 1.41. The fraction of sp³-hybridized carbons (Fsp3) is 0.500. The molecule has 0 saturated carbocycles. The van der Waals surface area contributed by atoms with Gasteiger partial charge in [0.2, 0.25) is 0 Å². The minimum Gasteiger partial charge on any atom is -0.487 e. The van der Waals surface area contributed by atoms with E-state index in [0.717, 1.165) is 11.1 Å². The molecule has 0 amide bonds. The molecule has 0 atom stereocenters. The molecule has 0 fully saturated rings. The molecule has 2 N–H and O–H groups in total. The first-order valence-electron chi connectivity index (χ1n) is 5.28. The number of benzene rings is 1. The number of ether oxygens (including phenoxy) is 2. The third-order valence-electron chi connectivity index (χ3n) is 2.18. The Balaban J connectivity index is 2.94. The van der Waals surface area contributed by atoms with Crippen molar-refractivity contribution in [3.63, 3.8) is 0 Å². The van der Waals surface area contributed by atoms with E-state index in [9.17, 15) is 0 Å². The van der Waals surface area contributed by atoms with Crippen molar-refractivity contribution in [2.45, 2.75) is 13.8 Å². The van der Waals surface area contributed by atoms with E-state index >= 15 is 0 Å². The molecule has 0 aliphatic rings. The summed E-state index contributed by atoms with van der Waals surface area (Å²) in [4.78, 5) is 0. The van der Waals surface area contributed by atoms with E-state index in [2.05, 4.69) is 0 Å². The molecule has 16 heavy (non-hydrogen) atoms. The number of aliphatic hydroxyl groups excluding tert-OH is 2. The Hall–Kier alpha value is -1.26. The molecule has 0 bridgehead atoms. The molecule has 0 radical (unpaired) electrons. The summed E-state index contributed by atoms with van der Waals surface area (Å²) in [6.45, 7) is 4.23. The zero-order valence-electron chi connectivity index (χ0n) is 9.69. The second-order valence-corrected chi connectivity index (χ2v) is 3.50. The highest BCUT2D eigenvalue weighted by Gasteiger charge is 2.11. The van der Waals surface area contributed by atoms with E-state index in [0.29, 0.717) is 11.5 Å². The van der Waals surface area contributed by atoms with Gasteiger partial charge in [0.1, 0.15) is 13.2 Å². The van der Waals surface area contributed by atoms with E-state index in [1.54, 1.807) is 0 Å². The van der Waals surface area contributed by atoms with Crippen LogP contribution < -0.4 is 9.47 Å². The van der Waals surface area contributed by atoms with Crippen molar-refractivity contribution in [3.05, 3.63) is 23.3 Å². The Morgan fingerprint density at radius 2 is 1.25 bits per heavy atom. The Labute approximate surface area is 95.4 Å². The molecule has 90 valence electrons. The van der Waals surface area contributed by atoms with Gasteiger partial charge in [-0.05, 0) is 25.0 Å². The average molecular weight is 226 g/mol. The first-order chi connectivity index (χ1) is 7.70. The van der Waals surface area contributed by atoms with E-state index in [4.69, 9.17) is 19.7 Å². The van der Waals surface area contributed by atoms with Crippen molar-refractivity contribution >= 4 is 0 Å². The normalized spacial score (nSPS) is 10.2. The molecule has 0 spiro atoms. The monoisotopic (exact) mass is 226 g/mol. The maximum Gasteiger partial charge on any atom is 0.164 e. The third-order valence-corrected chi connectivity index (χ3v) is 2.18. The second kappa shape index (κ2) is 6.35. The summed E-state index contributed by atoms with van der Waals surface area (Å²) in [5.41, 5.74) is 1.90. The zero-order chi connectivity index (χ0) is 12.0. The number of rotatable bonds is 6. The van der Waals surface area contributed by atoms with Gasteiger partial charge in [-0.3, -0.25) is 0 Å². The van der Waals surface area contributed by atoms with Crippen LogP contribution in [0.2, 0.25) is 0 Å². The molecule has 0 saturated heterocycles. The van der Waals surface area contributed by atoms with Gasteiger partial charge >= 0.3 is 0 Å². The predicted octanol–water partition coefficient (Wildman–Crippen LogP) is 1.05. The minimum absolute atomic E-state index is 0.0349. The molecule has 1 aromatic rings. The number of hydrogen-bond donors (Lipinski definition) is 2. The van der Waals surface area contributed by atoms with Crippen LogP contribution in [0.3, 0.4) is 0 Å². The SMILES string of the molecule is Cc1ccc(C)c(OCCO)c1OCCO. The van der Waals surface area contributed by atoms with Crippen molar-refractivity contribution in [1.29, 1.82) is 0 Å². The van der Waals surface area contributed by atoms with Crippen molar-refractivity contribution in [3.8, 4) is 11.5 Å². The Morgan fingerprint density at radius 3 is 1.56 bits per heavy atom. The minimum atomic E-state index is -0.0349. The van der Waals surface area contributed by atoms with Crippen LogP contribution in [0.1, 0.15) is 11.1 Å². The number of hydrogen-bond acceptors (Lipinski definition) is 4. The van der Waals surface area contributed by atoms with Gasteiger partial charge in [-0.15, -0.1) is 0 Å². The van der Waals surface area contributed by atoms with Gasteiger partial charge in [0, 0.05) is 0 Å². The van der Waals surface area contributed by atoms with Crippen molar-refractivity contribution in [2.24, 2.45) is 0 Å². The van der Waals surface area contributed by atoms with Crippen LogP contribution in [-0.4, -0.2) is 36.6 Å². The molecule has 1 aromatic carbocycles. The van der Waals surface area contributed by atoms with Crippen molar-refractivity contribution in [1.82, 2.24) is 0 Å². The lowest BCUT2D eigenvalue weighted by molar-refractivity contribution is 0.177. The number of aliphatic hydroxyl groups is 2.